The SMILES string of the molecule is [2H]N1CCN(C(=O)c2ccc3[nH]ccc3c2)CC1. The number of carbonyl (C=O) groups is 1. The van der Waals surface area contributed by atoms with Crippen LogP contribution in [-0.2, 0) is 0 Å². The van der Waals surface area contributed by atoms with E-state index in [0.29, 0.717) is 26.2 Å². The van der Waals surface area contributed by atoms with Crippen molar-refractivity contribution in [2.45, 2.75) is 0 Å². The number of amides is 1. The number of H-pyrrole nitrogens is 1. The molecule has 2 heterocycles. The Bertz CT molecular complexity index is 572. The van der Waals surface area contributed by atoms with Crippen LogP contribution in [0.15, 0.2) is 30.5 Å². The summed E-state index contributed by atoms with van der Waals surface area (Å²) in [7, 11) is 0. The minimum Gasteiger partial charge on any atom is -0.361 e. The van der Waals surface area contributed by atoms with Gasteiger partial charge in [-0.2, -0.15) is 0 Å². The summed E-state index contributed by atoms with van der Waals surface area (Å²) in [5.74, 6) is 0.0613. The molecule has 0 atom stereocenters. The highest BCUT2D eigenvalue weighted by molar-refractivity contribution is 5.98. The quantitative estimate of drug-likeness (QED) is 0.773. The number of hydrogen-bond acceptors (Lipinski definition) is 2. The zero-order valence-electron chi connectivity index (χ0n) is 10.5. The predicted molar refractivity (Wildman–Crippen MR) is 67.1 cm³/mol. The van der Waals surface area contributed by atoms with E-state index < -0.39 is 0 Å². The number of piperazine rings is 1. The summed E-state index contributed by atoms with van der Waals surface area (Å²) in [5.41, 5.74) is 1.77. The maximum Gasteiger partial charge on any atom is 0.253 e. The van der Waals surface area contributed by atoms with Crippen molar-refractivity contribution in [3.63, 3.8) is 0 Å². The van der Waals surface area contributed by atoms with E-state index in [1.807, 2.05) is 35.4 Å². The Morgan fingerprint density at radius 1 is 1.29 bits per heavy atom. The highest BCUT2D eigenvalue weighted by atomic mass is 16.2. The molecule has 0 aliphatic carbocycles. The first-order chi connectivity index (χ1) is 8.74. The van der Waals surface area contributed by atoms with Crippen molar-refractivity contribution in [2.75, 3.05) is 26.2 Å². The molecule has 4 nitrogen and oxygen atoms in total. The molecule has 0 radical (unpaired) electrons. The highest BCUT2D eigenvalue weighted by Crippen LogP contribution is 2.15. The Labute approximate surface area is 101 Å². The van der Waals surface area contributed by atoms with Crippen molar-refractivity contribution in [3.05, 3.63) is 36.0 Å². The lowest BCUT2D eigenvalue weighted by Crippen LogP contribution is -2.46. The number of hydrogen-bond donors (Lipinski definition) is 2. The molecule has 0 saturated carbocycles. The smallest absolute Gasteiger partial charge is 0.253 e. The number of benzene rings is 1. The first-order valence-electron chi connectivity index (χ1n) is 6.29. The van der Waals surface area contributed by atoms with Crippen molar-refractivity contribution in [3.8, 4) is 0 Å². The minimum absolute atomic E-state index is 0.0613. The van der Waals surface area contributed by atoms with Gasteiger partial charge in [-0.25, -0.2) is 0 Å². The van der Waals surface area contributed by atoms with E-state index in [9.17, 15) is 4.79 Å². The van der Waals surface area contributed by atoms with Gasteiger partial charge in [-0.3, -0.25) is 4.79 Å². The fourth-order valence-corrected chi connectivity index (χ4v) is 2.18. The van der Waals surface area contributed by atoms with Gasteiger partial charge >= 0.3 is 0 Å². The number of carbonyl (C=O) groups excluding carboxylic acids is 1. The second kappa shape index (κ2) is 4.22. The average Bonchev–Trinajstić information content (AvgIpc) is 2.86. The molecule has 88 valence electrons. The first kappa shape index (κ1) is 9.24. The van der Waals surface area contributed by atoms with Gasteiger partial charge in [0.05, 0.1) is 0 Å². The number of nitrogens with zero attached hydrogens (tertiary/aromatic N) is 1. The third-order valence-electron chi connectivity index (χ3n) is 3.14. The van der Waals surface area contributed by atoms with Crippen molar-refractivity contribution in [2.24, 2.45) is 0 Å². The Morgan fingerprint density at radius 2 is 2.12 bits per heavy atom. The molecular formula is C13H15N3O. The van der Waals surface area contributed by atoms with Gasteiger partial charge in [-0.1, -0.05) is 0 Å². The largest absolute Gasteiger partial charge is 0.361 e. The maximum atomic E-state index is 12.3. The topological polar surface area (TPSA) is 48.1 Å². The third kappa shape index (κ3) is 1.91. The van der Waals surface area contributed by atoms with Crippen LogP contribution < -0.4 is 5.31 Å². The highest BCUT2D eigenvalue weighted by Gasteiger charge is 2.17. The summed E-state index contributed by atoms with van der Waals surface area (Å²) in [6.07, 6.45) is 1.87. The Balaban J connectivity index is 1.82. The van der Waals surface area contributed by atoms with Gasteiger partial charge in [-0.05, 0) is 24.3 Å². The van der Waals surface area contributed by atoms with Crippen LogP contribution in [0.1, 0.15) is 10.4 Å². The molecule has 1 aromatic carbocycles. The van der Waals surface area contributed by atoms with Gasteiger partial charge in [0.2, 0.25) is 0 Å². The maximum absolute atomic E-state index is 12.3. The van der Waals surface area contributed by atoms with Gasteiger partial charge in [-0.15, -0.1) is 0 Å². The van der Waals surface area contributed by atoms with E-state index in [-0.39, 0.29) is 5.91 Å². The zero-order chi connectivity index (χ0) is 12.5. The summed E-state index contributed by atoms with van der Waals surface area (Å²) < 4.78 is 7.49. The van der Waals surface area contributed by atoms with Gasteiger partial charge in [0, 0.05) is 48.8 Å². The molecule has 1 fully saturated rings. The minimum atomic E-state index is 0.0613. The molecular weight excluding hydrogens is 214 g/mol. The fraction of sp³-hybridized carbons (Fsp3) is 0.308. The molecule has 1 aromatic heterocycles. The van der Waals surface area contributed by atoms with Gasteiger partial charge in [0.15, 0.2) is 0 Å². The molecule has 0 unspecified atom stereocenters. The van der Waals surface area contributed by atoms with Crippen LogP contribution in [0.3, 0.4) is 0 Å². The van der Waals surface area contributed by atoms with Crippen molar-refractivity contribution in [1.29, 1.82) is 0 Å². The van der Waals surface area contributed by atoms with E-state index in [2.05, 4.69) is 4.98 Å². The van der Waals surface area contributed by atoms with E-state index in [1.165, 1.54) is 5.31 Å². The lowest BCUT2D eigenvalue weighted by Gasteiger charge is -2.27. The van der Waals surface area contributed by atoms with Gasteiger partial charge < -0.3 is 15.2 Å². The van der Waals surface area contributed by atoms with Crippen LogP contribution in [0.2, 0.25) is 1.41 Å². The van der Waals surface area contributed by atoms with Crippen LogP contribution in [0.4, 0.5) is 0 Å². The molecule has 0 bridgehead atoms. The summed E-state index contributed by atoms with van der Waals surface area (Å²) in [4.78, 5) is 17.2. The second-order valence-corrected chi connectivity index (χ2v) is 4.24. The van der Waals surface area contributed by atoms with Gasteiger partial charge in [0.25, 0.3) is 5.91 Å². The standard InChI is InChI=1S/C13H15N3O/c17-13(16-7-5-14-6-8-16)11-1-2-12-10(9-11)3-4-15-12/h1-4,9,14-15H,5-8H2/i/hD. The molecule has 2 aromatic rings. The van der Waals surface area contributed by atoms with Crippen molar-refractivity contribution < 1.29 is 6.21 Å². The predicted octanol–water partition coefficient (Wildman–Crippen LogP) is 1.21. The normalized spacial score (nSPS) is 18.4. The van der Waals surface area contributed by atoms with E-state index in [1.54, 1.807) is 0 Å². The molecule has 4 heteroatoms. The molecule has 1 saturated heterocycles. The molecule has 0 spiro atoms. The lowest BCUT2D eigenvalue weighted by molar-refractivity contribution is 0.0736. The molecule has 17 heavy (non-hydrogen) atoms. The van der Waals surface area contributed by atoms with Crippen LogP contribution in [-0.4, -0.2) is 42.0 Å². The Kier molecular flexibility index (Phi) is 2.29. The number of rotatable bonds is 1. The average molecular weight is 230 g/mol. The number of nitrogens with one attached hydrogen (secondary N) is 2. The fourth-order valence-electron chi connectivity index (χ4n) is 2.18. The lowest BCUT2D eigenvalue weighted by atomic mass is 10.1. The van der Waals surface area contributed by atoms with E-state index >= 15 is 0 Å². The Morgan fingerprint density at radius 3 is 2.94 bits per heavy atom. The molecule has 1 aliphatic rings. The van der Waals surface area contributed by atoms with Crippen LogP contribution in [0.5, 0.6) is 0 Å². The summed E-state index contributed by atoms with van der Waals surface area (Å²) in [6.45, 7) is 2.51. The van der Waals surface area contributed by atoms with Crippen LogP contribution >= 0.6 is 0 Å². The summed E-state index contributed by atoms with van der Waals surface area (Å²) >= 11 is 0. The number of aromatic amines is 1. The van der Waals surface area contributed by atoms with Crippen molar-refractivity contribution in [1.82, 2.24) is 15.2 Å². The summed E-state index contributed by atoms with van der Waals surface area (Å²) in [5, 5.41) is 2.55. The first-order valence-corrected chi connectivity index (χ1v) is 5.84. The van der Waals surface area contributed by atoms with E-state index in [4.69, 9.17) is 1.41 Å². The second-order valence-electron chi connectivity index (χ2n) is 4.24. The number of fused-ring (bicyclic) bond motifs is 1. The molecule has 2 N–H and O–H groups in total. The molecule has 3 rings (SSSR count). The third-order valence-corrected chi connectivity index (χ3v) is 3.14. The van der Waals surface area contributed by atoms with Crippen molar-refractivity contribution >= 4 is 16.8 Å². The summed E-state index contributed by atoms with van der Waals surface area (Å²) in [6, 6.07) is 7.67. The van der Waals surface area contributed by atoms with E-state index in [0.717, 1.165) is 16.5 Å². The Hall–Kier alpha value is -1.81. The molecule has 1 amide bonds. The monoisotopic (exact) mass is 230 g/mol. The van der Waals surface area contributed by atoms with Crippen LogP contribution in [0.25, 0.3) is 10.9 Å². The van der Waals surface area contributed by atoms with Crippen LogP contribution in [0, 0.1) is 0 Å². The molecule has 1 aliphatic heterocycles. The zero-order valence-corrected chi connectivity index (χ0v) is 9.52. The van der Waals surface area contributed by atoms with Gasteiger partial charge in [0.1, 0.15) is 1.41 Å². The number of aromatic nitrogens is 1.